The van der Waals surface area contributed by atoms with E-state index in [4.69, 9.17) is 5.73 Å². The Hall–Kier alpha value is -1.49. The van der Waals surface area contributed by atoms with Gasteiger partial charge in [0.1, 0.15) is 0 Å². The summed E-state index contributed by atoms with van der Waals surface area (Å²) in [5.41, 5.74) is 5.50. The minimum Gasteiger partial charge on any atom is -0.320 e. The molecule has 0 aliphatic rings. The van der Waals surface area contributed by atoms with Crippen molar-refractivity contribution in [2.45, 2.75) is 19.4 Å². The van der Waals surface area contributed by atoms with Crippen LogP contribution in [0.2, 0.25) is 0 Å². The van der Waals surface area contributed by atoms with Gasteiger partial charge in [-0.3, -0.25) is 4.79 Å². The summed E-state index contributed by atoms with van der Waals surface area (Å²) in [6.07, 6.45) is 2.14. The summed E-state index contributed by atoms with van der Waals surface area (Å²) in [7, 11) is 0. The van der Waals surface area contributed by atoms with Crippen LogP contribution in [-0.2, 0) is 4.79 Å². The zero-order chi connectivity index (χ0) is 9.68. The molecule has 1 amide bonds. The fraction of sp³-hybridized carbons (Fsp3) is 0.375. The van der Waals surface area contributed by atoms with Crippen LogP contribution >= 0.6 is 0 Å². The Morgan fingerprint density at radius 1 is 1.77 bits per heavy atom. The maximum Gasteiger partial charge on any atom is 0.242 e. The summed E-state index contributed by atoms with van der Waals surface area (Å²) in [5.74, 6) is 0.194. The third-order valence-electron chi connectivity index (χ3n) is 1.60. The molecule has 0 bridgehead atoms. The van der Waals surface area contributed by atoms with Crippen LogP contribution in [0.25, 0.3) is 0 Å². The van der Waals surface area contributed by atoms with Crippen molar-refractivity contribution in [3.63, 3.8) is 0 Å². The molecule has 0 aliphatic carbocycles. The molecule has 5 heteroatoms. The highest BCUT2D eigenvalue weighted by Gasteiger charge is 2.10. The molecule has 1 heterocycles. The quantitative estimate of drug-likeness (QED) is 0.694. The molecular weight excluding hydrogens is 168 g/mol. The number of aromatic nitrogens is 2. The molecule has 13 heavy (non-hydrogen) atoms. The van der Waals surface area contributed by atoms with Crippen LogP contribution in [0.4, 0.5) is 5.82 Å². The van der Waals surface area contributed by atoms with Gasteiger partial charge in [-0.25, -0.2) is 0 Å². The van der Waals surface area contributed by atoms with Gasteiger partial charge in [-0.05, 0) is 18.6 Å². The highest BCUT2D eigenvalue weighted by atomic mass is 16.2. The summed E-state index contributed by atoms with van der Waals surface area (Å²) in [6.45, 7) is 1.85. The van der Waals surface area contributed by atoms with Gasteiger partial charge in [-0.2, -0.15) is 5.10 Å². The first-order chi connectivity index (χ1) is 6.24. The van der Waals surface area contributed by atoms with Gasteiger partial charge in [-0.15, -0.1) is 5.10 Å². The van der Waals surface area contributed by atoms with E-state index in [0.29, 0.717) is 12.2 Å². The van der Waals surface area contributed by atoms with Crippen molar-refractivity contribution < 1.29 is 4.79 Å². The normalized spacial score (nSPS) is 12.2. The highest BCUT2D eigenvalue weighted by Crippen LogP contribution is 1.99. The Labute approximate surface area is 76.4 Å². The SMILES string of the molecule is CC[C@H](N)C(=O)Nc1cccnn1. The smallest absolute Gasteiger partial charge is 0.242 e. The average molecular weight is 180 g/mol. The molecule has 0 saturated heterocycles. The Morgan fingerprint density at radius 2 is 2.54 bits per heavy atom. The molecule has 0 fully saturated rings. The Morgan fingerprint density at radius 3 is 3.08 bits per heavy atom. The zero-order valence-electron chi connectivity index (χ0n) is 7.40. The number of hydrogen-bond acceptors (Lipinski definition) is 4. The lowest BCUT2D eigenvalue weighted by Crippen LogP contribution is -2.35. The second-order valence-corrected chi connectivity index (χ2v) is 2.61. The number of nitrogens with one attached hydrogen (secondary N) is 1. The van der Waals surface area contributed by atoms with Crippen molar-refractivity contribution in [3.05, 3.63) is 18.3 Å². The molecule has 0 spiro atoms. The van der Waals surface area contributed by atoms with Gasteiger partial charge in [-0.1, -0.05) is 6.92 Å². The fourth-order valence-electron chi connectivity index (χ4n) is 0.773. The van der Waals surface area contributed by atoms with Crippen molar-refractivity contribution >= 4 is 11.7 Å². The summed E-state index contributed by atoms with van der Waals surface area (Å²) in [6, 6.07) is 2.87. The Kier molecular flexibility index (Phi) is 3.33. The largest absolute Gasteiger partial charge is 0.320 e. The molecule has 0 unspecified atom stereocenters. The minimum absolute atomic E-state index is 0.233. The van der Waals surface area contributed by atoms with Crippen molar-refractivity contribution in [1.82, 2.24) is 10.2 Å². The van der Waals surface area contributed by atoms with E-state index in [0.717, 1.165) is 0 Å². The lowest BCUT2D eigenvalue weighted by molar-refractivity contribution is -0.117. The number of nitrogens with two attached hydrogens (primary N) is 1. The maximum atomic E-state index is 11.2. The van der Waals surface area contributed by atoms with Crippen molar-refractivity contribution in [2.75, 3.05) is 5.32 Å². The number of carbonyl (C=O) groups is 1. The summed E-state index contributed by atoms with van der Waals surface area (Å²) >= 11 is 0. The molecule has 70 valence electrons. The Bertz CT molecular complexity index is 275. The molecule has 5 nitrogen and oxygen atoms in total. The monoisotopic (exact) mass is 180 g/mol. The first kappa shape index (κ1) is 9.60. The van der Waals surface area contributed by atoms with Crippen LogP contribution < -0.4 is 11.1 Å². The number of hydrogen-bond donors (Lipinski definition) is 2. The van der Waals surface area contributed by atoms with Crippen LogP contribution in [0.3, 0.4) is 0 Å². The average Bonchev–Trinajstić information content (AvgIpc) is 2.18. The fourth-order valence-corrected chi connectivity index (χ4v) is 0.773. The summed E-state index contributed by atoms with van der Waals surface area (Å²) in [4.78, 5) is 11.2. The zero-order valence-corrected chi connectivity index (χ0v) is 7.40. The van der Waals surface area contributed by atoms with Crippen molar-refractivity contribution in [3.8, 4) is 0 Å². The first-order valence-corrected chi connectivity index (χ1v) is 4.08. The number of rotatable bonds is 3. The van der Waals surface area contributed by atoms with Gasteiger partial charge in [0.2, 0.25) is 5.91 Å². The van der Waals surface area contributed by atoms with E-state index in [1.165, 1.54) is 6.20 Å². The highest BCUT2D eigenvalue weighted by molar-refractivity contribution is 5.93. The van der Waals surface area contributed by atoms with E-state index in [1.807, 2.05) is 6.92 Å². The predicted octanol–water partition coefficient (Wildman–Crippen LogP) is 0.152. The molecule has 0 aliphatic heterocycles. The molecular formula is C8H12N4O. The van der Waals surface area contributed by atoms with Gasteiger partial charge in [0.15, 0.2) is 5.82 Å². The van der Waals surface area contributed by atoms with E-state index >= 15 is 0 Å². The van der Waals surface area contributed by atoms with Gasteiger partial charge in [0.05, 0.1) is 6.04 Å². The van der Waals surface area contributed by atoms with Gasteiger partial charge in [0.25, 0.3) is 0 Å². The number of amides is 1. The van der Waals surface area contributed by atoms with E-state index in [1.54, 1.807) is 12.1 Å². The van der Waals surface area contributed by atoms with Crippen LogP contribution in [0, 0.1) is 0 Å². The van der Waals surface area contributed by atoms with Crippen LogP contribution in [-0.4, -0.2) is 22.1 Å². The van der Waals surface area contributed by atoms with Crippen LogP contribution in [0.15, 0.2) is 18.3 Å². The molecule has 1 rings (SSSR count). The van der Waals surface area contributed by atoms with Crippen LogP contribution in [0.5, 0.6) is 0 Å². The predicted molar refractivity (Wildman–Crippen MR) is 48.9 cm³/mol. The van der Waals surface area contributed by atoms with Crippen molar-refractivity contribution in [1.29, 1.82) is 0 Å². The lowest BCUT2D eigenvalue weighted by Gasteiger charge is -2.07. The summed E-state index contributed by atoms with van der Waals surface area (Å²) < 4.78 is 0. The molecule has 1 aromatic heterocycles. The van der Waals surface area contributed by atoms with Crippen LogP contribution in [0.1, 0.15) is 13.3 Å². The van der Waals surface area contributed by atoms with Gasteiger partial charge < -0.3 is 11.1 Å². The van der Waals surface area contributed by atoms with Gasteiger partial charge in [0, 0.05) is 6.20 Å². The molecule has 0 radical (unpaired) electrons. The number of carbonyl (C=O) groups excluding carboxylic acids is 1. The molecule has 1 aromatic rings. The third kappa shape index (κ3) is 2.79. The second-order valence-electron chi connectivity index (χ2n) is 2.61. The summed E-state index contributed by atoms with van der Waals surface area (Å²) in [5, 5.41) is 9.87. The maximum absolute atomic E-state index is 11.2. The molecule has 0 saturated carbocycles. The Balaban J connectivity index is 2.55. The van der Waals surface area contributed by atoms with E-state index in [9.17, 15) is 4.79 Å². The lowest BCUT2D eigenvalue weighted by atomic mass is 10.2. The molecule has 3 N–H and O–H groups in total. The van der Waals surface area contributed by atoms with Crippen molar-refractivity contribution in [2.24, 2.45) is 5.73 Å². The number of nitrogens with zero attached hydrogens (tertiary/aromatic N) is 2. The minimum atomic E-state index is -0.484. The molecule has 1 atom stereocenters. The van der Waals surface area contributed by atoms with E-state index in [2.05, 4.69) is 15.5 Å². The van der Waals surface area contributed by atoms with E-state index < -0.39 is 6.04 Å². The molecule has 0 aromatic carbocycles. The second kappa shape index (κ2) is 4.51. The first-order valence-electron chi connectivity index (χ1n) is 4.08. The standard InChI is InChI=1S/C8H12N4O/c1-2-6(9)8(13)11-7-4-3-5-10-12-7/h3-6H,2,9H2,1H3,(H,11,12,13)/t6-/m0/s1. The van der Waals surface area contributed by atoms with Gasteiger partial charge >= 0.3 is 0 Å². The van der Waals surface area contributed by atoms with E-state index in [-0.39, 0.29) is 5.91 Å². The topological polar surface area (TPSA) is 80.9 Å². The third-order valence-corrected chi connectivity index (χ3v) is 1.60. The number of anilines is 1.